The lowest BCUT2D eigenvalue weighted by atomic mass is 10.1. The Labute approximate surface area is 169 Å². The molecule has 1 aromatic carbocycles. The van der Waals surface area contributed by atoms with E-state index in [0.717, 1.165) is 50.1 Å². The number of amides is 1. The number of aromatic nitrogens is 3. The van der Waals surface area contributed by atoms with E-state index in [-0.39, 0.29) is 22.5 Å². The zero-order chi connectivity index (χ0) is 21.5. The molecule has 0 unspecified atom stereocenters. The van der Waals surface area contributed by atoms with Gasteiger partial charge in [-0.05, 0) is 37.1 Å². The highest BCUT2D eigenvalue weighted by Gasteiger charge is 2.36. The van der Waals surface area contributed by atoms with Gasteiger partial charge in [-0.1, -0.05) is 12.8 Å². The standard InChI is InChI=1S/C20H19F3N4O3/c21-20(22,23)17-10-14(12-5-6-15(28)16(29)9-12)25-18-13(11-24-27(17)18)19(30)26-7-3-1-2-4-8-26/h5-6,9-11,28-29H,1-4,7-8H2. The molecule has 0 radical (unpaired) electrons. The minimum Gasteiger partial charge on any atom is -0.504 e. The Morgan fingerprint density at radius 1 is 1.00 bits per heavy atom. The van der Waals surface area contributed by atoms with Crippen molar-refractivity contribution in [2.45, 2.75) is 31.9 Å². The molecule has 1 aliphatic rings. The number of carbonyl (C=O) groups is 1. The van der Waals surface area contributed by atoms with Gasteiger partial charge in [-0.25, -0.2) is 9.50 Å². The molecule has 0 aliphatic carbocycles. The molecule has 2 aromatic heterocycles. The Balaban J connectivity index is 1.87. The minimum absolute atomic E-state index is 0.00718. The van der Waals surface area contributed by atoms with E-state index in [1.807, 2.05) is 0 Å². The summed E-state index contributed by atoms with van der Waals surface area (Å²) in [6.07, 6.45) is 0.0498. The fourth-order valence-electron chi connectivity index (χ4n) is 3.59. The number of alkyl halides is 3. The van der Waals surface area contributed by atoms with Crippen molar-refractivity contribution in [3.8, 4) is 22.8 Å². The van der Waals surface area contributed by atoms with Gasteiger partial charge in [-0.3, -0.25) is 4.79 Å². The maximum atomic E-state index is 13.7. The van der Waals surface area contributed by atoms with Crippen LogP contribution in [0.2, 0.25) is 0 Å². The third kappa shape index (κ3) is 3.64. The summed E-state index contributed by atoms with van der Waals surface area (Å²) < 4.78 is 41.7. The average molecular weight is 420 g/mol. The lowest BCUT2D eigenvalue weighted by Gasteiger charge is -2.19. The zero-order valence-corrected chi connectivity index (χ0v) is 15.9. The molecule has 7 nitrogen and oxygen atoms in total. The van der Waals surface area contributed by atoms with E-state index in [1.165, 1.54) is 6.07 Å². The van der Waals surface area contributed by atoms with E-state index in [9.17, 15) is 28.2 Å². The van der Waals surface area contributed by atoms with Crippen LogP contribution >= 0.6 is 0 Å². The predicted molar refractivity (Wildman–Crippen MR) is 101 cm³/mol. The maximum absolute atomic E-state index is 13.7. The number of halogens is 3. The summed E-state index contributed by atoms with van der Waals surface area (Å²) >= 11 is 0. The summed E-state index contributed by atoms with van der Waals surface area (Å²) in [4.78, 5) is 18.9. The zero-order valence-electron chi connectivity index (χ0n) is 15.9. The number of rotatable bonds is 2. The lowest BCUT2D eigenvalue weighted by molar-refractivity contribution is -0.142. The molecule has 30 heavy (non-hydrogen) atoms. The van der Waals surface area contributed by atoms with E-state index >= 15 is 0 Å². The van der Waals surface area contributed by atoms with Gasteiger partial charge in [-0.15, -0.1) is 0 Å². The van der Waals surface area contributed by atoms with Crippen LogP contribution in [0.1, 0.15) is 41.7 Å². The van der Waals surface area contributed by atoms with E-state index in [2.05, 4.69) is 10.1 Å². The van der Waals surface area contributed by atoms with E-state index < -0.39 is 29.3 Å². The van der Waals surface area contributed by atoms with E-state index in [4.69, 9.17) is 0 Å². The van der Waals surface area contributed by atoms with Crippen molar-refractivity contribution < 1.29 is 28.2 Å². The Bertz CT molecular complexity index is 1100. The SMILES string of the molecule is O=C(c1cnn2c(C(F)(F)F)cc(-c3ccc(O)c(O)c3)nc12)N1CCCCCC1. The number of hydrogen-bond acceptors (Lipinski definition) is 5. The van der Waals surface area contributed by atoms with Crippen molar-refractivity contribution in [2.75, 3.05) is 13.1 Å². The summed E-state index contributed by atoms with van der Waals surface area (Å²) in [5.41, 5.74) is -1.25. The largest absolute Gasteiger partial charge is 0.504 e. The van der Waals surface area contributed by atoms with Gasteiger partial charge in [-0.2, -0.15) is 18.3 Å². The van der Waals surface area contributed by atoms with Gasteiger partial charge < -0.3 is 15.1 Å². The van der Waals surface area contributed by atoms with Crippen LogP contribution in [-0.2, 0) is 6.18 Å². The van der Waals surface area contributed by atoms with Crippen molar-refractivity contribution >= 4 is 11.6 Å². The first-order valence-electron chi connectivity index (χ1n) is 9.53. The molecular formula is C20H19F3N4O3. The fraction of sp³-hybridized carbons (Fsp3) is 0.350. The van der Waals surface area contributed by atoms with Crippen molar-refractivity contribution in [3.05, 3.63) is 41.7 Å². The lowest BCUT2D eigenvalue weighted by Crippen LogP contribution is -2.31. The molecule has 1 saturated heterocycles. The number of nitrogens with zero attached hydrogens (tertiary/aromatic N) is 4. The second-order valence-electron chi connectivity index (χ2n) is 7.23. The molecular weight excluding hydrogens is 401 g/mol. The molecule has 1 aliphatic heterocycles. The quantitative estimate of drug-likeness (QED) is 0.615. The molecule has 10 heteroatoms. The van der Waals surface area contributed by atoms with Crippen LogP contribution in [0.15, 0.2) is 30.5 Å². The average Bonchev–Trinajstić information content (AvgIpc) is 2.93. The van der Waals surface area contributed by atoms with Crippen LogP contribution in [0.3, 0.4) is 0 Å². The number of fused-ring (bicyclic) bond motifs is 1. The Hall–Kier alpha value is -3.30. The molecule has 1 fully saturated rings. The number of benzene rings is 1. The van der Waals surface area contributed by atoms with Crippen molar-refractivity contribution in [3.63, 3.8) is 0 Å². The monoisotopic (exact) mass is 420 g/mol. The Kier molecular flexibility index (Phi) is 5.00. The summed E-state index contributed by atoms with van der Waals surface area (Å²) in [6.45, 7) is 1.07. The second-order valence-corrected chi connectivity index (χ2v) is 7.23. The smallest absolute Gasteiger partial charge is 0.433 e. The number of carbonyl (C=O) groups excluding carboxylic acids is 1. The van der Waals surface area contributed by atoms with Crippen LogP contribution in [0.4, 0.5) is 13.2 Å². The Morgan fingerprint density at radius 3 is 2.33 bits per heavy atom. The van der Waals surface area contributed by atoms with Gasteiger partial charge in [0.05, 0.1) is 11.9 Å². The molecule has 4 rings (SSSR count). The molecule has 158 valence electrons. The predicted octanol–water partition coefficient (Wildman–Crippen LogP) is 3.84. The number of aromatic hydroxyl groups is 2. The molecule has 3 aromatic rings. The van der Waals surface area contributed by atoms with Gasteiger partial charge >= 0.3 is 6.18 Å². The van der Waals surface area contributed by atoms with Gasteiger partial charge in [0.15, 0.2) is 22.8 Å². The summed E-state index contributed by atoms with van der Waals surface area (Å²) in [7, 11) is 0. The number of phenols is 2. The molecule has 0 saturated carbocycles. The number of phenolic OH excluding ortho intramolecular Hbond substituents is 2. The van der Waals surface area contributed by atoms with Crippen LogP contribution in [-0.4, -0.2) is 48.7 Å². The molecule has 2 N–H and O–H groups in total. The number of hydrogen-bond donors (Lipinski definition) is 2. The molecule has 1 amide bonds. The summed E-state index contributed by atoms with van der Waals surface area (Å²) in [5.74, 6) is -1.30. The molecule has 0 bridgehead atoms. The fourth-order valence-corrected chi connectivity index (χ4v) is 3.59. The highest BCUT2D eigenvalue weighted by molar-refractivity contribution is 6.00. The van der Waals surface area contributed by atoms with Gasteiger partial charge in [0.1, 0.15) is 5.56 Å². The maximum Gasteiger partial charge on any atom is 0.433 e. The summed E-state index contributed by atoms with van der Waals surface area (Å²) in [6, 6.07) is 4.40. The first-order chi connectivity index (χ1) is 14.3. The summed E-state index contributed by atoms with van der Waals surface area (Å²) in [5, 5.41) is 23.0. The van der Waals surface area contributed by atoms with Gasteiger partial charge in [0, 0.05) is 18.7 Å². The van der Waals surface area contributed by atoms with Crippen molar-refractivity contribution in [1.82, 2.24) is 19.5 Å². The van der Waals surface area contributed by atoms with Gasteiger partial charge in [0.2, 0.25) is 0 Å². The van der Waals surface area contributed by atoms with Crippen LogP contribution in [0, 0.1) is 0 Å². The van der Waals surface area contributed by atoms with E-state index in [1.54, 1.807) is 4.90 Å². The normalized spacial score (nSPS) is 15.4. The highest BCUT2D eigenvalue weighted by atomic mass is 19.4. The highest BCUT2D eigenvalue weighted by Crippen LogP contribution is 2.35. The molecule has 3 heterocycles. The van der Waals surface area contributed by atoms with Crippen LogP contribution in [0.25, 0.3) is 16.9 Å². The second kappa shape index (κ2) is 7.51. The van der Waals surface area contributed by atoms with E-state index in [0.29, 0.717) is 17.6 Å². The Morgan fingerprint density at radius 2 is 1.70 bits per heavy atom. The topological polar surface area (TPSA) is 91.0 Å². The molecule has 0 atom stereocenters. The van der Waals surface area contributed by atoms with Crippen molar-refractivity contribution in [2.24, 2.45) is 0 Å². The molecule has 0 spiro atoms. The van der Waals surface area contributed by atoms with Crippen LogP contribution < -0.4 is 0 Å². The third-order valence-corrected chi connectivity index (χ3v) is 5.16. The van der Waals surface area contributed by atoms with Gasteiger partial charge in [0.25, 0.3) is 5.91 Å². The van der Waals surface area contributed by atoms with Crippen LogP contribution in [0.5, 0.6) is 11.5 Å². The van der Waals surface area contributed by atoms with Crippen molar-refractivity contribution in [1.29, 1.82) is 0 Å². The number of likely N-dealkylation sites (tertiary alicyclic amines) is 1. The minimum atomic E-state index is -4.75. The first-order valence-corrected chi connectivity index (χ1v) is 9.53. The first kappa shape index (κ1) is 20.0. The third-order valence-electron chi connectivity index (χ3n) is 5.16.